The van der Waals surface area contributed by atoms with Crippen LogP contribution in [-0.2, 0) is 6.42 Å². The Labute approximate surface area is 123 Å². The van der Waals surface area contributed by atoms with Gasteiger partial charge in [0.05, 0.1) is 11.8 Å². The molecule has 1 aromatic carbocycles. The number of nitrogens with one attached hydrogen (secondary N) is 1. The average molecular weight is 295 g/mol. The molecule has 1 atom stereocenters. The molecule has 1 aromatic rings. The van der Waals surface area contributed by atoms with E-state index in [9.17, 15) is 9.90 Å². The molecule has 0 aliphatic carbocycles. The molecule has 0 spiro atoms. The van der Waals surface area contributed by atoms with Crippen LogP contribution in [-0.4, -0.2) is 40.5 Å². The van der Waals surface area contributed by atoms with Crippen molar-refractivity contribution in [3.05, 3.63) is 41.3 Å². The van der Waals surface area contributed by atoms with E-state index in [1.807, 2.05) is 6.92 Å². The smallest absolute Gasteiger partial charge is 0.335 e. The molecular weight excluding hydrogens is 274 g/mol. The molecule has 0 aliphatic heterocycles. The van der Waals surface area contributed by atoms with E-state index in [1.54, 1.807) is 19.1 Å². The summed E-state index contributed by atoms with van der Waals surface area (Å²) in [4.78, 5) is 11.0. The Kier molecular flexibility index (Phi) is 6.55. The Morgan fingerprint density at radius 3 is 2.76 bits per heavy atom. The van der Waals surface area contributed by atoms with Crippen LogP contribution in [0.15, 0.2) is 24.6 Å². The number of aryl methyl sites for hydroxylation is 2. The van der Waals surface area contributed by atoms with Crippen LogP contribution in [0.25, 0.3) is 0 Å². The maximum absolute atomic E-state index is 11.0. The molecule has 6 heteroatoms. The summed E-state index contributed by atoms with van der Waals surface area (Å²) in [5.74, 6) is -0.362. The Bertz CT molecular complexity index is 513. The van der Waals surface area contributed by atoms with Gasteiger partial charge in [-0.3, -0.25) is 0 Å². The first-order valence-corrected chi connectivity index (χ1v) is 6.69. The second-order valence-corrected chi connectivity index (χ2v) is 4.63. The second kappa shape index (κ2) is 8.16. The summed E-state index contributed by atoms with van der Waals surface area (Å²) in [6.45, 7) is 4.01. The molecule has 0 bridgehead atoms. The lowest BCUT2D eigenvalue weighted by atomic mass is 10.0. The fourth-order valence-corrected chi connectivity index (χ4v) is 1.93. The third-order valence-corrected chi connectivity index (χ3v) is 2.95. The van der Waals surface area contributed by atoms with Gasteiger partial charge in [0.2, 0.25) is 0 Å². The molecule has 0 saturated heterocycles. The van der Waals surface area contributed by atoms with Gasteiger partial charge in [-0.2, -0.15) is 0 Å². The highest BCUT2D eigenvalue weighted by Gasteiger charge is 2.13. The zero-order valence-electron chi connectivity index (χ0n) is 12.2. The highest BCUT2D eigenvalue weighted by molar-refractivity contribution is 5.88. The minimum Gasteiger partial charge on any atom is -0.514 e. The van der Waals surface area contributed by atoms with Crippen LogP contribution in [0.2, 0.25) is 0 Å². The second-order valence-electron chi connectivity index (χ2n) is 4.63. The number of hydrogen-bond acceptors (Lipinski definition) is 5. The maximum Gasteiger partial charge on any atom is 0.335 e. The molecule has 0 fully saturated rings. The van der Waals surface area contributed by atoms with Gasteiger partial charge in [0.15, 0.2) is 0 Å². The largest absolute Gasteiger partial charge is 0.514 e. The first kappa shape index (κ1) is 16.8. The van der Waals surface area contributed by atoms with Gasteiger partial charge >= 0.3 is 5.97 Å². The molecule has 6 nitrogen and oxygen atoms in total. The Hall–Kier alpha value is -2.21. The Balaban J connectivity index is 2.76. The Morgan fingerprint density at radius 2 is 2.19 bits per heavy atom. The molecular formula is C15H21NO5. The predicted octanol–water partition coefficient (Wildman–Crippen LogP) is 1.61. The molecule has 0 amide bonds. The summed E-state index contributed by atoms with van der Waals surface area (Å²) in [7, 11) is 0. The van der Waals surface area contributed by atoms with Gasteiger partial charge in [0.25, 0.3) is 0 Å². The molecule has 0 aliphatic rings. The van der Waals surface area contributed by atoms with Gasteiger partial charge in [0.1, 0.15) is 18.5 Å². The third-order valence-electron chi connectivity index (χ3n) is 2.95. The lowest BCUT2D eigenvalue weighted by molar-refractivity contribution is 0.0696. The number of carboxylic acids is 1. The van der Waals surface area contributed by atoms with E-state index < -0.39 is 12.1 Å². The van der Waals surface area contributed by atoms with E-state index in [2.05, 4.69) is 5.32 Å². The molecule has 116 valence electrons. The van der Waals surface area contributed by atoms with Crippen LogP contribution in [0.4, 0.5) is 0 Å². The first-order chi connectivity index (χ1) is 9.99. The van der Waals surface area contributed by atoms with Crippen molar-refractivity contribution in [3.8, 4) is 5.75 Å². The van der Waals surface area contributed by atoms with Crippen molar-refractivity contribution in [3.63, 3.8) is 0 Å². The highest BCUT2D eigenvalue weighted by atomic mass is 16.5. The monoisotopic (exact) mass is 295 g/mol. The van der Waals surface area contributed by atoms with Crippen molar-refractivity contribution in [1.29, 1.82) is 0 Å². The fourth-order valence-electron chi connectivity index (χ4n) is 1.93. The van der Waals surface area contributed by atoms with Crippen molar-refractivity contribution < 1.29 is 24.9 Å². The van der Waals surface area contributed by atoms with E-state index in [0.29, 0.717) is 12.2 Å². The SMILES string of the molecule is CCc1cc(C(=O)O)cc(C)c1OC[C@@H](O)CNC=CO. The molecule has 4 N–H and O–H groups in total. The number of benzene rings is 1. The minimum atomic E-state index is -0.973. The molecule has 21 heavy (non-hydrogen) atoms. The van der Waals surface area contributed by atoms with Crippen LogP contribution >= 0.6 is 0 Å². The molecule has 0 saturated carbocycles. The van der Waals surface area contributed by atoms with E-state index in [-0.39, 0.29) is 18.7 Å². The number of aromatic carboxylic acids is 1. The van der Waals surface area contributed by atoms with Gasteiger partial charge in [-0.05, 0) is 36.6 Å². The normalized spacial score (nSPS) is 12.3. The molecule has 0 radical (unpaired) electrons. The molecule has 1 rings (SSSR count). The first-order valence-electron chi connectivity index (χ1n) is 6.69. The van der Waals surface area contributed by atoms with Gasteiger partial charge < -0.3 is 25.4 Å². The standard InChI is InChI=1S/C15H21NO5/c1-3-11-7-12(15(19)20)6-10(2)14(11)21-9-13(18)8-16-4-5-17/h4-7,13,16-18H,3,8-9H2,1-2H3,(H,19,20)/t13-/m0/s1. The quantitative estimate of drug-likeness (QED) is 0.544. The number of rotatable bonds is 8. The van der Waals surface area contributed by atoms with Crippen LogP contribution in [0.3, 0.4) is 0 Å². The van der Waals surface area contributed by atoms with E-state index in [1.165, 1.54) is 6.20 Å². The summed E-state index contributed by atoms with van der Waals surface area (Å²) >= 11 is 0. The number of aliphatic hydroxyl groups excluding tert-OH is 2. The van der Waals surface area contributed by atoms with Crippen molar-refractivity contribution in [2.75, 3.05) is 13.2 Å². The van der Waals surface area contributed by atoms with Crippen LogP contribution in [0, 0.1) is 6.92 Å². The molecule has 0 aromatic heterocycles. The fraction of sp³-hybridized carbons (Fsp3) is 0.400. The van der Waals surface area contributed by atoms with Crippen molar-refractivity contribution in [1.82, 2.24) is 5.32 Å². The van der Waals surface area contributed by atoms with Crippen LogP contribution < -0.4 is 10.1 Å². The van der Waals surface area contributed by atoms with Crippen LogP contribution in [0.5, 0.6) is 5.75 Å². The summed E-state index contributed by atoms with van der Waals surface area (Å²) in [5.41, 5.74) is 1.75. The maximum atomic E-state index is 11.0. The van der Waals surface area contributed by atoms with Crippen LogP contribution in [0.1, 0.15) is 28.4 Å². The zero-order chi connectivity index (χ0) is 15.8. The number of ether oxygens (including phenoxy) is 1. The van der Waals surface area contributed by atoms with Gasteiger partial charge in [-0.15, -0.1) is 0 Å². The zero-order valence-corrected chi connectivity index (χ0v) is 12.2. The summed E-state index contributed by atoms with van der Waals surface area (Å²) in [5, 5.41) is 29.9. The highest BCUT2D eigenvalue weighted by Crippen LogP contribution is 2.26. The minimum absolute atomic E-state index is 0.0759. The van der Waals surface area contributed by atoms with Gasteiger partial charge in [0, 0.05) is 12.7 Å². The summed E-state index contributed by atoms with van der Waals surface area (Å²) < 4.78 is 5.62. The number of aliphatic hydroxyl groups is 2. The molecule has 0 unspecified atom stereocenters. The van der Waals surface area contributed by atoms with E-state index in [4.69, 9.17) is 14.9 Å². The van der Waals surface area contributed by atoms with Crippen molar-refractivity contribution in [2.24, 2.45) is 0 Å². The van der Waals surface area contributed by atoms with Crippen molar-refractivity contribution >= 4 is 5.97 Å². The average Bonchev–Trinajstić information content (AvgIpc) is 2.45. The summed E-state index contributed by atoms with van der Waals surface area (Å²) in [6.07, 6.45) is 2.05. The number of carboxylic acid groups (broad SMARTS) is 1. The van der Waals surface area contributed by atoms with Crippen molar-refractivity contribution in [2.45, 2.75) is 26.4 Å². The third kappa shape index (κ3) is 5.00. The molecule has 0 heterocycles. The van der Waals surface area contributed by atoms with E-state index in [0.717, 1.165) is 17.4 Å². The predicted molar refractivity (Wildman–Crippen MR) is 78.8 cm³/mol. The lowest BCUT2D eigenvalue weighted by Gasteiger charge is -2.17. The number of carbonyl (C=O) groups is 1. The Morgan fingerprint density at radius 1 is 1.48 bits per heavy atom. The van der Waals surface area contributed by atoms with Gasteiger partial charge in [-0.25, -0.2) is 4.79 Å². The lowest BCUT2D eigenvalue weighted by Crippen LogP contribution is -2.29. The van der Waals surface area contributed by atoms with E-state index >= 15 is 0 Å². The number of hydrogen-bond donors (Lipinski definition) is 4. The topological polar surface area (TPSA) is 99.0 Å². The summed E-state index contributed by atoms with van der Waals surface area (Å²) in [6, 6.07) is 3.14. The van der Waals surface area contributed by atoms with Gasteiger partial charge in [-0.1, -0.05) is 6.92 Å².